The third kappa shape index (κ3) is 4.11. The molecule has 1 aromatic heterocycles. The number of fused-ring (bicyclic) bond motifs is 1. The van der Waals surface area contributed by atoms with E-state index in [1.807, 2.05) is 36.4 Å². The van der Waals surface area contributed by atoms with E-state index in [9.17, 15) is 9.90 Å². The van der Waals surface area contributed by atoms with Crippen LogP contribution in [0.5, 0.6) is 0 Å². The smallest absolute Gasteiger partial charge is 0.407 e. The zero-order valence-corrected chi connectivity index (χ0v) is 15.9. The fourth-order valence-electron chi connectivity index (χ4n) is 4.37. The Labute approximate surface area is 164 Å². The van der Waals surface area contributed by atoms with Crippen LogP contribution in [0.15, 0.2) is 42.5 Å². The van der Waals surface area contributed by atoms with Gasteiger partial charge in [0.15, 0.2) is 0 Å². The molecule has 1 fully saturated rings. The van der Waals surface area contributed by atoms with Crippen LogP contribution in [-0.2, 0) is 19.3 Å². The Balaban J connectivity index is 1.43. The number of amides is 1. The van der Waals surface area contributed by atoms with Crippen LogP contribution in [0.2, 0.25) is 0 Å². The molecule has 28 heavy (non-hydrogen) atoms. The molecule has 2 atom stereocenters. The predicted octanol–water partition coefficient (Wildman–Crippen LogP) is 4.08. The third-order valence-corrected chi connectivity index (χ3v) is 5.84. The Hall–Kier alpha value is -2.63. The van der Waals surface area contributed by atoms with Crippen LogP contribution in [0.4, 0.5) is 15.0 Å². The number of carbonyl (C=O) groups is 1. The standard InChI is InChI=1S/C22H26FN3O2/c23-22(11-10-18-9-8-17-7-4-12-24-20(17)25-18)14-19(26(15-22)21(27)28)13-16-5-2-1-3-6-16/h1-3,5-6,8-9,19H,4,7,10-15H2,(H,24,25)(H,27,28). The second-order valence-electron chi connectivity index (χ2n) is 7.95. The number of carboxylic acid groups (broad SMARTS) is 1. The molecule has 0 aliphatic carbocycles. The average Bonchev–Trinajstić information content (AvgIpc) is 3.04. The largest absolute Gasteiger partial charge is 0.465 e. The highest BCUT2D eigenvalue weighted by Crippen LogP contribution is 2.36. The molecule has 2 aromatic rings. The van der Waals surface area contributed by atoms with Crippen molar-refractivity contribution in [1.29, 1.82) is 0 Å². The summed E-state index contributed by atoms with van der Waals surface area (Å²) in [4.78, 5) is 17.6. The van der Waals surface area contributed by atoms with Gasteiger partial charge in [0.1, 0.15) is 11.5 Å². The molecular weight excluding hydrogens is 357 g/mol. The maximum atomic E-state index is 15.6. The number of anilines is 1. The van der Waals surface area contributed by atoms with Gasteiger partial charge in [0, 0.05) is 24.7 Å². The second-order valence-corrected chi connectivity index (χ2v) is 7.95. The number of hydrogen-bond acceptors (Lipinski definition) is 3. The Bertz CT molecular complexity index is 845. The number of nitrogens with zero attached hydrogens (tertiary/aromatic N) is 2. The molecule has 2 aliphatic heterocycles. The average molecular weight is 383 g/mol. The lowest BCUT2D eigenvalue weighted by Gasteiger charge is -2.21. The van der Waals surface area contributed by atoms with Crippen molar-refractivity contribution in [3.8, 4) is 0 Å². The topological polar surface area (TPSA) is 65.5 Å². The molecule has 2 aliphatic rings. The molecule has 2 unspecified atom stereocenters. The summed E-state index contributed by atoms with van der Waals surface area (Å²) in [5, 5.41) is 12.9. The van der Waals surface area contributed by atoms with Gasteiger partial charge in [-0.25, -0.2) is 14.2 Å². The van der Waals surface area contributed by atoms with E-state index in [1.165, 1.54) is 10.5 Å². The third-order valence-electron chi connectivity index (χ3n) is 5.84. The molecule has 3 heterocycles. The first kappa shape index (κ1) is 18.7. The minimum Gasteiger partial charge on any atom is -0.465 e. The Morgan fingerprint density at radius 2 is 2.11 bits per heavy atom. The monoisotopic (exact) mass is 383 g/mol. The fourth-order valence-corrected chi connectivity index (χ4v) is 4.37. The van der Waals surface area contributed by atoms with Gasteiger partial charge in [-0.2, -0.15) is 0 Å². The van der Waals surface area contributed by atoms with Crippen molar-refractivity contribution in [2.24, 2.45) is 0 Å². The number of aryl methyl sites for hydroxylation is 2. The normalized spacial score (nSPS) is 23.9. The van der Waals surface area contributed by atoms with Gasteiger partial charge >= 0.3 is 6.09 Å². The highest BCUT2D eigenvalue weighted by Gasteiger charge is 2.46. The van der Waals surface area contributed by atoms with Gasteiger partial charge in [0.05, 0.1) is 6.54 Å². The maximum absolute atomic E-state index is 15.6. The molecule has 0 bridgehead atoms. The fraction of sp³-hybridized carbons (Fsp3) is 0.455. The van der Waals surface area contributed by atoms with E-state index in [0.29, 0.717) is 12.8 Å². The number of hydrogen-bond donors (Lipinski definition) is 2. The highest BCUT2D eigenvalue weighted by molar-refractivity contribution is 5.66. The highest BCUT2D eigenvalue weighted by atomic mass is 19.1. The van der Waals surface area contributed by atoms with Crippen LogP contribution in [-0.4, -0.2) is 45.9 Å². The molecule has 0 saturated carbocycles. The SMILES string of the molecule is O=C(O)N1CC(F)(CCc2ccc3c(n2)NCCC3)CC1Cc1ccccc1. The predicted molar refractivity (Wildman–Crippen MR) is 106 cm³/mol. The van der Waals surface area contributed by atoms with Gasteiger partial charge in [-0.1, -0.05) is 36.4 Å². The number of likely N-dealkylation sites (tertiary alicyclic amines) is 1. The number of halogens is 1. The van der Waals surface area contributed by atoms with Gasteiger partial charge in [0.25, 0.3) is 0 Å². The molecule has 5 nitrogen and oxygen atoms in total. The Morgan fingerprint density at radius 1 is 1.29 bits per heavy atom. The summed E-state index contributed by atoms with van der Waals surface area (Å²) >= 11 is 0. The molecule has 148 valence electrons. The molecule has 6 heteroatoms. The molecule has 4 rings (SSSR count). The summed E-state index contributed by atoms with van der Waals surface area (Å²) in [6, 6.07) is 13.4. The zero-order chi connectivity index (χ0) is 19.6. The summed E-state index contributed by atoms with van der Waals surface area (Å²) in [7, 11) is 0. The van der Waals surface area contributed by atoms with Crippen LogP contribution in [0.3, 0.4) is 0 Å². The molecule has 0 spiro atoms. The lowest BCUT2D eigenvalue weighted by Crippen LogP contribution is -2.37. The van der Waals surface area contributed by atoms with Crippen molar-refractivity contribution in [2.75, 3.05) is 18.4 Å². The zero-order valence-electron chi connectivity index (χ0n) is 15.9. The van der Waals surface area contributed by atoms with Gasteiger partial charge in [-0.15, -0.1) is 0 Å². The number of aromatic nitrogens is 1. The molecule has 1 saturated heterocycles. The van der Waals surface area contributed by atoms with Gasteiger partial charge in [-0.05, 0) is 49.3 Å². The van der Waals surface area contributed by atoms with E-state index in [0.717, 1.165) is 36.5 Å². The molecular formula is C22H26FN3O2. The van der Waals surface area contributed by atoms with Crippen LogP contribution < -0.4 is 5.32 Å². The number of benzene rings is 1. The first-order valence-electron chi connectivity index (χ1n) is 9.97. The summed E-state index contributed by atoms with van der Waals surface area (Å²) in [6.45, 7) is 0.855. The van der Waals surface area contributed by atoms with Crippen molar-refractivity contribution in [3.05, 3.63) is 59.3 Å². The van der Waals surface area contributed by atoms with Crippen LogP contribution in [0.25, 0.3) is 0 Å². The van der Waals surface area contributed by atoms with Crippen molar-refractivity contribution in [1.82, 2.24) is 9.88 Å². The van der Waals surface area contributed by atoms with Crippen molar-refractivity contribution in [3.63, 3.8) is 0 Å². The van der Waals surface area contributed by atoms with Gasteiger partial charge in [-0.3, -0.25) is 0 Å². The quantitative estimate of drug-likeness (QED) is 0.817. The molecule has 0 radical (unpaired) electrons. The minimum atomic E-state index is -1.51. The van der Waals surface area contributed by atoms with Crippen molar-refractivity contribution in [2.45, 2.75) is 50.2 Å². The molecule has 1 aromatic carbocycles. The lowest BCUT2D eigenvalue weighted by atomic mass is 9.93. The van der Waals surface area contributed by atoms with E-state index in [1.54, 1.807) is 0 Å². The summed E-state index contributed by atoms with van der Waals surface area (Å²) in [5.74, 6) is 0.914. The molecule has 2 N–H and O–H groups in total. The number of rotatable bonds is 5. The number of nitrogens with one attached hydrogen (secondary N) is 1. The van der Waals surface area contributed by atoms with Crippen LogP contribution in [0, 0.1) is 0 Å². The maximum Gasteiger partial charge on any atom is 0.407 e. The summed E-state index contributed by atoms with van der Waals surface area (Å²) < 4.78 is 15.6. The molecule has 1 amide bonds. The summed E-state index contributed by atoms with van der Waals surface area (Å²) in [5.41, 5.74) is 1.60. The lowest BCUT2D eigenvalue weighted by molar-refractivity contribution is 0.124. The minimum absolute atomic E-state index is 0.0664. The number of alkyl halides is 1. The second kappa shape index (κ2) is 7.78. The van der Waals surface area contributed by atoms with Gasteiger partial charge in [0.2, 0.25) is 0 Å². The van der Waals surface area contributed by atoms with E-state index in [2.05, 4.69) is 16.4 Å². The van der Waals surface area contributed by atoms with Crippen molar-refractivity contribution < 1.29 is 14.3 Å². The van der Waals surface area contributed by atoms with E-state index >= 15 is 4.39 Å². The first-order valence-corrected chi connectivity index (χ1v) is 9.97. The number of pyridine rings is 1. The van der Waals surface area contributed by atoms with E-state index in [4.69, 9.17) is 0 Å². The van der Waals surface area contributed by atoms with Crippen LogP contribution in [0.1, 0.15) is 36.1 Å². The van der Waals surface area contributed by atoms with E-state index in [-0.39, 0.29) is 25.4 Å². The Kier molecular flexibility index (Phi) is 5.20. The Morgan fingerprint density at radius 3 is 2.89 bits per heavy atom. The van der Waals surface area contributed by atoms with E-state index < -0.39 is 11.8 Å². The van der Waals surface area contributed by atoms with Crippen LogP contribution >= 0.6 is 0 Å². The van der Waals surface area contributed by atoms with Crippen molar-refractivity contribution >= 4 is 11.9 Å². The first-order chi connectivity index (χ1) is 13.5. The van der Waals surface area contributed by atoms with Gasteiger partial charge < -0.3 is 15.3 Å². The summed E-state index contributed by atoms with van der Waals surface area (Å²) in [6.07, 6.45) is 2.66.